The molecule has 0 aromatic carbocycles. The predicted octanol–water partition coefficient (Wildman–Crippen LogP) is 9.10. The molecule has 0 amide bonds. The minimum absolute atomic E-state index is 0.0139. The smallest absolute Gasteiger partial charge is 0.192 e. The first kappa shape index (κ1) is 31.0. The highest BCUT2D eigenvalue weighted by Gasteiger charge is 2.59. The third kappa shape index (κ3) is 6.15. The largest absolute Gasteiger partial charge is 0.414 e. The molecule has 0 bridgehead atoms. The van der Waals surface area contributed by atoms with E-state index in [0.29, 0.717) is 11.8 Å². The van der Waals surface area contributed by atoms with Crippen molar-refractivity contribution in [3.05, 3.63) is 0 Å². The summed E-state index contributed by atoms with van der Waals surface area (Å²) in [5.41, 5.74) is 0.178. The summed E-state index contributed by atoms with van der Waals surface area (Å²) in [5.74, 6) is 3.13. The van der Waals surface area contributed by atoms with Gasteiger partial charge in [0, 0.05) is 17.9 Å². The number of hydrogen-bond acceptors (Lipinski definition) is 3. The summed E-state index contributed by atoms with van der Waals surface area (Å²) in [7, 11) is -1.88. The van der Waals surface area contributed by atoms with Gasteiger partial charge in [-0.1, -0.05) is 74.7 Å². The van der Waals surface area contributed by atoms with Crippen LogP contribution in [0, 0.1) is 52.3 Å². The Morgan fingerprint density at radius 1 is 0.892 bits per heavy atom. The number of fused-ring (bicyclic) bond motifs is 1. The molecule has 37 heavy (non-hydrogen) atoms. The minimum atomic E-state index is -1.88. The van der Waals surface area contributed by atoms with Gasteiger partial charge >= 0.3 is 0 Å². The average Bonchev–Trinajstić information content (AvgIpc) is 3.15. The molecule has 214 valence electrons. The Morgan fingerprint density at radius 2 is 1.51 bits per heavy atom. The van der Waals surface area contributed by atoms with Crippen LogP contribution in [0.3, 0.4) is 0 Å². The Balaban J connectivity index is 1.74. The third-order valence-electron chi connectivity index (χ3n) is 12.3. The molecule has 0 aromatic rings. The van der Waals surface area contributed by atoms with Crippen molar-refractivity contribution >= 4 is 20.9 Å². The summed E-state index contributed by atoms with van der Waals surface area (Å²) >= 11 is 0. The number of carbonyl (C=O) groups is 2. The van der Waals surface area contributed by atoms with Gasteiger partial charge in [0.25, 0.3) is 0 Å². The van der Waals surface area contributed by atoms with E-state index in [1.165, 1.54) is 51.1 Å². The highest BCUT2D eigenvalue weighted by atomic mass is 28.4. The van der Waals surface area contributed by atoms with Crippen molar-refractivity contribution in [2.75, 3.05) is 0 Å². The lowest BCUT2D eigenvalue weighted by Crippen LogP contribution is -2.53. The van der Waals surface area contributed by atoms with E-state index in [4.69, 9.17) is 4.43 Å². The lowest BCUT2D eigenvalue weighted by atomic mass is 9.48. The van der Waals surface area contributed by atoms with Crippen molar-refractivity contribution in [2.24, 2.45) is 52.3 Å². The normalized spacial score (nSPS) is 39.9. The molecule has 3 fully saturated rings. The molecule has 4 heteroatoms. The molecule has 3 nitrogen and oxygen atoms in total. The summed E-state index contributed by atoms with van der Waals surface area (Å²) < 4.78 is 6.79. The van der Waals surface area contributed by atoms with Crippen LogP contribution in [0.1, 0.15) is 120 Å². The number of rotatable bonds is 10. The molecule has 0 aromatic heterocycles. The zero-order chi connectivity index (χ0) is 27.8. The van der Waals surface area contributed by atoms with E-state index < -0.39 is 8.32 Å². The van der Waals surface area contributed by atoms with Crippen LogP contribution in [0.2, 0.25) is 18.1 Å². The van der Waals surface area contributed by atoms with Gasteiger partial charge in [0.05, 0.1) is 0 Å². The molecule has 9 atom stereocenters. The van der Waals surface area contributed by atoms with Crippen molar-refractivity contribution in [1.82, 2.24) is 0 Å². The highest BCUT2D eigenvalue weighted by molar-refractivity contribution is 6.74. The molecule has 0 N–H and O–H groups in total. The SMILES string of the molecule is CC(C)CCC[C@@H](C)[C@H]1CC[C@H]2[C@H](C=O)[C@@H]([C@@]3(C)CC[C@H](O[Si](C)(C)C(C)(C)C)C[C@@H]3C=O)CC[C@]12C. The first-order valence-corrected chi connectivity index (χ1v) is 18.6. The van der Waals surface area contributed by atoms with E-state index in [1.54, 1.807) is 0 Å². The van der Waals surface area contributed by atoms with E-state index >= 15 is 0 Å². The fourth-order valence-electron chi connectivity index (χ4n) is 8.88. The van der Waals surface area contributed by atoms with Gasteiger partial charge in [-0.15, -0.1) is 0 Å². The van der Waals surface area contributed by atoms with Crippen molar-refractivity contribution < 1.29 is 14.0 Å². The van der Waals surface area contributed by atoms with E-state index in [9.17, 15) is 9.59 Å². The lowest BCUT2D eigenvalue weighted by molar-refractivity contribution is -0.138. The van der Waals surface area contributed by atoms with Crippen molar-refractivity contribution in [3.8, 4) is 0 Å². The van der Waals surface area contributed by atoms with Crippen LogP contribution < -0.4 is 0 Å². The maximum Gasteiger partial charge on any atom is 0.192 e. The number of hydrogen-bond donors (Lipinski definition) is 0. The molecular weight excluding hydrogens is 472 g/mol. The summed E-state index contributed by atoms with van der Waals surface area (Å²) in [4.78, 5) is 25.4. The molecule has 3 aliphatic carbocycles. The second-order valence-corrected chi connectivity index (χ2v) is 20.7. The zero-order valence-electron chi connectivity index (χ0n) is 26.1. The predicted molar refractivity (Wildman–Crippen MR) is 158 cm³/mol. The van der Waals surface area contributed by atoms with Gasteiger partial charge in [0.15, 0.2) is 8.32 Å². The summed E-state index contributed by atoms with van der Waals surface area (Å²) in [6.45, 7) is 23.5. The summed E-state index contributed by atoms with van der Waals surface area (Å²) in [6, 6.07) is 0. The van der Waals surface area contributed by atoms with Crippen LogP contribution in [-0.2, 0) is 14.0 Å². The Morgan fingerprint density at radius 3 is 2.08 bits per heavy atom. The fourth-order valence-corrected chi connectivity index (χ4v) is 10.3. The van der Waals surface area contributed by atoms with Crippen LogP contribution >= 0.6 is 0 Å². The maximum absolute atomic E-state index is 12.8. The van der Waals surface area contributed by atoms with Gasteiger partial charge in [0.1, 0.15) is 12.6 Å². The van der Waals surface area contributed by atoms with Crippen molar-refractivity contribution in [2.45, 2.75) is 144 Å². The van der Waals surface area contributed by atoms with Crippen LogP contribution in [0.25, 0.3) is 0 Å². The molecule has 0 aliphatic heterocycles. The molecule has 3 aliphatic rings. The van der Waals surface area contributed by atoms with Crippen LogP contribution in [0.15, 0.2) is 0 Å². The summed E-state index contributed by atoms with van der Waals surface area (Å²) in [5, 5.41) is 0.172. The van der Waals surface area contributed by atoms with Crippen LogP contribution in [0.4, 0.5) is 0 Å². The molecule has 0 radical (unpaired) electrons. The second kappa shape index (κ2) is 11.6. The standard InChI is InChI=1S/C33H60O3Si/c1-23(2)12-11-13-24(3)28-14-15-29-27(22-35)30(17-19-33(28,29)8)32(7)18-16-26(20-25(32)21-34)36-37(9,10)31(4,5)6/h21-30H,11-20H2,1-10H3/t24-,25-,26+,27+,28-,29+,30+,32+,33-/m1/s1. The van der Waals surface area contributed by atoms with E-state index in [1.807, 2.05) is 0 Å². The van der Waals surface area contributed by atoms with E-state index in [-0.39, 0.29) is 33.8 Å². The van der Waals surface area contributed by atoms with Crippen LogP contribution in [-0.4, -0.2) is 27.0 Å². The number of aldehydes is 2. The first-order valence-electron chi connectivity index (χ1n) is 15.7. The third-order valence-corrected chi connectivity index (χ3v) is 16.9. The summed E-state index contributed by atoms with van der Waals surface area (Å²) in [6.07, 6.45) is 14.3. The van der Waals surface area contributed by atoms with Crippen molar-refractivity contribution in [3.63, 3.8) is 0 Å². The Labute approximate surface area is 230 Å². The van der Waals surface area contributed by atoms with E-state index in [2.05, 4.69) is 68.5 Å². The Kier molecular flexibility index (Phi) is 9.70. The topological polar surface area (TPSA) is 43.4 Å². The van der Waals surface area contributed by atoms with Gasteiger partial charge in [0.2, 0.25) is 0 Å². The quantitative estimate of drug-likeness (QED) is 0.208. The lowest BCUT2D eigenvalue weighted by Gasteiger charge is -2.56. The fraction of sp³-hybridized carbons (Fsp3) is 0.939. The van der Waals surface area contributed by atoms with Gasteiger partial charge in [-0.05, 0) is 103 Å². The monoisotopic (exact) mass is 532 g/mol. The van der Waals surface area contributed by atoms with Gasteiger partial charge < -0.3 is 14.0 Å². The molecule has 0 spiro atoms. The molecule has 0 saturated heterocycles. The first-order chi connectivity index (χ1) is 17.1. The molecular formula is C33H60O3Si. The van der Waals surface area contributed by atoms with Gasteiger partial charge in [-0.25, -0.2) is 0 Å². The average molecular weight is 533 g/mol. The molecule has 0 heterocycles. The minimum Gasteiger partial charge on any atom is -0.414 e. The zero-order valence-corrected chi connectivity index (χ0v) is 27.1. The highest BCUT2D eigenvalue weighted by Crippen LogP contribution is 2.65. The second-order valence-electron chi connectivity index (χ2n) is 16.0. The van der Waals surface area contributed by atoms with Gasteiger partial charge in [-0.3, -0.25) is 0 Å². The Bertz CT molecular complexity index is 785. The van der Waals surface area contributed by atoms with Crippen LogP contribution in [0.5, 0.6) is 0 Å². The van der Waals surface area contributed by atoms with E-state index in [0.717, 1.165) is 43.4 Å². The Hall–Kier alpha value is -0.483. The molecule has 3 saturated carbocycles. The van der Waals surface area contributed by atoms with Crippen molar-refractivity contribution in [1.29, 1.82) is 0 Å². The maximum atomic E-state index is 12.8. The molecule has 3 rings (SSSR count). The molecule has 0 unspecified atom stereocenters. The van der Waals surface area contributed by atoms with Gasteiger partial charge in [-0.2, -0.15) is 0 Å². The number of carbonyl (C=O) groups excluding carboxylic acids is 2.